The van der Waals surface area contributed by atoms with E-state index in [-0.39, 0.29) is 36.7 Å². The summed E-state index contributed by atoms with van der Waals surface area (Å²) in [6.45, 7) is 23.7. The van der Waals surface area contributed by atoms with Gasteiger partial charge in [0.05, 0.1) is 5.41 Å². The summed E-state index contributed by atoms with van der Waals surface area (Å²) in [6.07, 6.45) is 9.52. The van der Waals surface area contributed by atoms with Crippen LogP contribution in [0.5, 0.6) is 0 Å². The molecule has 0 aromatic carbocycles. The van der Waals surface area contributed by atoms with Gasteiger partial charge in [-0.15, -0.1) is 6.58 Å². The molecular weight excluding hydrogens is 552 g/mol. The number of ketones is 5. The average molecular weight is 601 g/mol. The summed E-state index contributed by atoms with van der Waals surface area (Å²) < 4.78 is 0. The van der Waals surface area contributed by atoms with Gasteiger partial charge < -0.3 is 5.11 Å². The molecule has 2 bridgehead atoms. The van der Waals surface area contributed by atoms with E-state index in [4.69, 9.17) is 0 Å². The van der Waals surface area contributed by atoms with Crippen LogP contribution >= 0.6 is 0 Å². The molecule has 0 aromatic rings. The number of hydrogen-bond acceptors (Lipinski definition) is 6. The molecule has 0 amide bonds. The quantitative estimate of drug-likeness (QED) is 0.0493. The minimum Gasteiger partial charge on any atom is -0.506 e. The molecule has 1 N–H and O–H groups in total. The molecule has 44 heavy (non-hydrogen) atoms. The topological polar surface area (TPSA) is 106 Å². The lowest BCUT2D eigenvalue weighted by molar-refractivity contribution is -0.177. The Morgan fingerprint density at radius 3 is 2.07 bits per heavy atom. The minimum atomic E-state index is -1.65. The Labute approximate surface area is 262 Å². The van der Waals surface area contributed by atoms with Crippen molar-refractivity contribution in [2.24, 2.45) is 28.1 Å². The number of fused-ring (bicyclic) bond motifs is 2. The summed E-state index contributed by atoms with van der Waals surface area (Å²) in [5, 5.41) is 11.6. The maximum absolute atomic E-state index is 15.2. The van der Waals surface area contributed by atoms with Crippen molar-refractivity contribution in [3.63, 3.8) is 0 Å². The van der Waals surface area contributed by atoms with E-state index < -0.39 is 56.5 Å². The highest BCUT2D eigenvalue weighted by Crippen LogP contribution is 2.66. The molecule has 0 radical (unpaired) electrons. The fraction of sp³-hybridized carbons (Fsp3) is 0.500. The van der Waals surface area contributed by atoms with Crippen LogP contribution in [-0.4, -0.2) is 34.0 Å². The number of carbonyl (C=O) groups is 5. The van der Waals surface area contributed by atoms with Crippen LogP contribution in [0.15, 0.2) is 82.7 Å². The van der Waals surface area contributed by atoms with Gasteiger partial charge in [0.15, 0.2) is 17.3 Å². The summed E-state index contributed by atoms with van der Waals surface area (Å²) in [7, 11) is 0. The van der Waals surface area contributed by atoms with Gasteiger partial charge in [0.2, 0.25) is 11.6 Å². The van der Waals surface area contributed by atoms with Crippen LogP contribution in [0.25, 0.3) is 0 Å². The van der Waals surface area contributed by atoms with Gasteiger partial charge in [-0.1, -0.05) is 54.9 Å². The predicted molar refractivity (Wildman–Crippen MR) is 174 cm³/mol. The Kier molecular flexibility index (Phi) is 10.1. The summed E-state index contributed by atoms with van der Waals surface area (Å²) in [5.74, 6) is -4.53. The maximum Gasteiger partial charge on any atom is 0.226 e. The molecular formula is C38H48O6. The van der Waals surface area contributed by atoms with Gasteiger partial charge in [0, 0.05) is 11.6 Å². The van der Waals surface area contributed by atoms with Crippen molar-refractivity contribution in [3.05, 3.63) is 82.7 Å². The first-order valence-electron chi connectivity index (χ1n) is 15.5. The Hall–Kier alpha value is -3.67. The molecule has 3 aliphatic carbocycles. The van der Waals surface area contributed by atoms with E-state index in [2.05, 4.69) is 19.2 Å². The van der Waals surface area contributed by atoms with E-state index in [9.17, 15) is 24.3 Å². The Morgan fingerprint density at radius 1 is 0.932 bits per heavy atom. The molecule has 2 saturated carbocycles. The number of rotatable bonds is 11. The minimum absolute atomic E-state index is 0.0763. The van der Waals surface area contributed by atoms with Crippen LogP contribution < -0.4 is 0 Å². The van der Waals surface area contributed by atoms with Crippen molar-refractivity contribution in [3.8, 4) is 0 Å². The fourth-order valence-electron chi connectivity index (χ4n) is 7.17. The van der Waals surface area contributed by atoms with Crippen LogP contribution in [-0.2, 0) is 24.0 Å². The fourth-order valence-corrected chi connectivity index (χ4v) is 7.17. The number of aliphatic hydroxyl groups is 1. The molecule has 2 fully saturated rings. The summed E-state index contributed by atoms with van der Waals surface area (Å²) in [6, 6.07) is 0. The second-order valence-corrected chi connectivity index (χ2v) is 14.2. The van der Waals surface area contributed by atoms with E-state index in [1.165, 1.54) is 6.08 Å². The summed E-state index contributed by atoms with van der Waals surface area (Å²) in [5.41, 5.74) is -0.869. The molecule has 0 aliphatic heterocycles. The molecule has 236 valence electrons. The van der Waals surface area contributed by atoms with Crippen LogP contribution in [0.4, 0.5) is 0 Å². The second-order valence-electron chi connectivity index (χ2n) is 14.2. The first kappa shape index (κ1) is 34.8. The smallest absolute Gasteiger partial charge is 0.226 e. The molecule has 4 atom stereocenters. The van der Waals surface area contributed by atoms with Gasteiger partial charge >= 0.3 is 0 Å². The van der Waals surface area contributed by atoms with Crippen molar-refractivity contribution in [1.29, 1.82) is 0 Å². The molecule has 3 rings (SSSR count). The molecule has 0 heterocycles. The van der Waals surface area contributed by atoms with Gasteiger partial charge in [0.25, 0.3) is 0 Å². The number of carbonyl (C=O) groups excluding carboxylic acids is 5. The first-order chi connectivity index (χ1) is 20.3. The van der Waals surface area contributed by atoms with E-state index in [1.54, 1.807) is 0 Å². The number of hydrogen-bond donors (Lipinski definition) is 1. The molecule has 0 spiro atoms. The molecule has 3 aliphatic rings. The largest absolute Gasteiger partial charge is 0.506 e. The van der Waals surface area contributed by atoms with E-state index in [0.717, 1.165) is 34.4 Å². The lowest BCUT2D eigenvalue weighted by atomic mass is 9.38. The Morgan fingerprint density at radius 2 is 1.55 bits per heavy atom. The SMILES string of the molecule is C=C(C)CC[C@@H](C[C@@]12C[C@@H](CC=C(C)C)C(C)(C)[C@@](CC=C(C)C)(C(=O)/C(=C(/O)C3=CC(=O)C(=O)C=C3)C1=O)C2=O)C(=C)C. The van der Waals surface area contributed by atoms with Gasteiger partial charge in [0.1, 0.15) is 16.7 Å². The third kappa shape index (κ3) is 6.00. The normalized spacial score (nSPS) is 27.9. The first-order valence-corrected chi connectivity index (χ1v) is 15.5. The molecule has 0 saturated heterocycles. The second kappa shape index (κ2) is 12.7. The summed E-state index contributed by atoms with van der Waals surface area (Å²) in [4.78, 5) is 69.0. The van der Waals surface area contributed by atoms with Gasteiger partial charge in [-0.2, -0.15) is 0 Å². The van der Waals surface area contributed by atoms with Gasteiger partial charge in [-0.25, -0.2) is 0 Å². The van der Waals surface area contributed by atoms with Gasteiger partial charge in [-0.3, -0.25) is 24.0 Å². The van der Waals surface area contributed by atoms with E-state index >= 15 is 4.79 Å². The standard InChI is InChI=1S/C38H48O6/c1-22(2)11-13-27(25(7)8)20-37-21-28(15-12-23(3)4)36(9,10)38(35(37)44,18-17-24(5)6)34(43)31(33(37)42)32(41)26-14-16-29(39)30(40)19-26/h12,14,16-17,19,27-28,41H,1,7,11,13,15,18,20-21H2,2-6,8-10H3/b32-31+/t27-,28+,37+,38-/m0/s1. The highest BCUT2D eigenvalue weighted by molar-refractivity contribution is 6.47. The van der Waals surface area contributed by atoms with E-state index in [0.29, 0.717) is 19.3 Å². The summed E-state index contributed by atoms with van der Waals surface area (Å²) >= 11 is 0. The Balaban J connectivity index is 2.44. The van der Waals surface area contributed by atoms with E-state index in [1.807, 2.05) is 61.5 Å². The maximum atomic E-state index is 15.2. The lowest BCUT2D eigenvalue weighted by Gasteiger charge is -2.61. The average Bonchev–Trinajstić information content (AvgIpc) is 2.91. The van der Waals surface area contributed by atoms with Crippen LogP contribution in [0.1, 0.15) is 93.9 Å². The highest BCUT2D eigenvalue weighted by Gasteiger charge is 2.74. The Bertz CT molecular complexity index is 1480. The van der Waals surface area contributed by atoms with Crippen molar-refractivity contribution >= 4 is 28.9 Å². The molecule has 0 unspecified atom stereocenters. The molecule has 0 aromatic heterocycles. The molecule has 6 heteroatoms. The third-order valence-corrected chi connectivity index (χ3v) is 10.1. The number of allylic oxidation sites excluding steroid dienone is 10. The zero-order valence-corrected chi connectivity index (χ0v) is 27.7. The number of aliphatic hydroxyl groups excluding tert-OH is 1. The monoisotopic (exact) mass is 600 g/mol. The zero-order chi connectivity index (χ0) is 33.4. The highest BCUT2D eigenvalue weighted by atomic mass is 16.3. The molecule has 6 nitrogen and oxygen atoms in total. The predicted octanol–water partition coefficient (Wildman–Crippen LogP) is 7.82. The van der Waals surface area contributed by atoms with Crippen LogP contribution in [0.3, 0.4) is 0 Å². The lowest BCUT2D eigenvalue weighted by Crippen LogP contribution is -2.70. The van der Waals surface area contributed by atoms with Crippen molar-refractivity contribution in [2.75, 3.05) is 0 Å². The van der Waals surface area contributed by atoms with Crippen molar-refractivity contribution < 1.29 is 29.1 Å². The third-order valence-electron chi connectivity index (χ3n) is 10.1. The number of Topliss-reactive ketones (excluding diaryl/α,β-unsaturated/α-hetero) is 3. The van der Waals surface area contributed by atoms with Crippen LogP contribution in [0, 0.1) is 28.1 Å². The van der Waals surface area contributed by atoms with Gasteiger partial charge in [-0.05, 0) is 109 Å². The zero-order valence-electron chi connectivity index (χ0n) is 27.7. The van der Waals surface area contributed by atoms with Crippen molar-refractivity contribution in [2.45, 2.75) is 93.9 Å². The van der Waals surface area contributed by atoms with Crippen molar-refractivity contribution in [1.82, 2.24) is 0 Å². The van der Waals surface area contributed by atoms with Crippen LogP contribution in [0.2, 0.25) is 0 Å².